The molecule has 1 aliphatic carbocycles. The largest absolute Gasteiger partial charge is 0.391 e. The molecular weight excluding hydrogens is 216 g/mol. The maximum Gasteiger partial charge on any atom is 0.268 e. The number of benzene rings is 1. The zero-order chi connectivity index (χ0) is 11.8. The highest BCUT2D eigenvalue weighted by Crippen LogP contribution is 2.20. The Bertz CT molecular complexity index is 528. The van der Waals surface area contributed by atoms with Crippen molar-refractivity contribution in [1.82, 2.24) is 10.3 Å². The molecule has 3 N–H and O–H groups in total. The Hall–Kier alpha value is -1.81. The predicted octanol–water partition coefficient (Wildman–Crippen LogP) is 1.42. The number of amides is 1. The third kappa shape index (κ3) is 1.80. The van der Waals surface area contributed by atoms with Gasteiger partial charge >= 0.3 is 0 Å². The second-order valence-electron chi connectivity index (χ2n) is 4.49. The van der Waals surface area contributed by atoms with E-state index >= 15 is 0 Å². The van der Waals surface area contributed by atoms with Gasteiger partial charge < -0.3 is 15.4 Å². The number of carbonyl (C=O) groups excluding carboxylic acids is 1. The summed E-state index contributed by atoms with van der Waals surface area (Å²) in [7, 11) is 0. The summed E-state index contributed by atoms with van der Waals surface area (Å²) in [5, 5.41) is 13.3. The van der Waals surface area contributed by atoms with E-state index in [1.54, 1.807) is 0 Å². The second kappa shape index (κ2) is 3.89. The normalized spacial score (nSPS) is 23.4. The molecule has 0 saturated heterocycles. The molecule has 2 aromatic rings. The van der Waals surface area contributed by atoms with Crippen molar-refractivity contribution in [2.24, 2.45) is 0 Å². The lowest BCUT2D eigenvalue weighted by Gasteiger charge is -2.32. The quantitative estimate of drug-likeness (QED) is 0.730. The minimum absolute atomic E-state index is 0.0890. The molecule has 0 bridgehead atoms. The number of aliphatic hydroxyl groups is 1. The van der Waals surface area contributed by atoms with Gasteiger partial charge in [-0.2, -0.15) is 0 Å². The van der Waals surface area contributed by atoms with E-state index in [0.717, 1.165) is 23.7 Å². The Balaban J connectivity index is 1.80. The van der Waals surface area contributed by atoms with E-state index in [-0.39, 0.29) is 18.1 Å². The van der Waals surface area contributed by atoms with Crippen molar-refractivity contribution in [3.8, 4) is 0 Å². The SMILES string of the molecule is O=C(NC1CCC1O)c1cc2ccccc2[nH]1. The van der Waals surface area contributed by atoms with Crippen LogP contribution in [0.25, 0.3) is 10.9 Å². The van der Waals surface area contributed by atoms with Crippen molar-refractivity contribution in [2.75, 3.05) is 0 Å². The van der Waals surface area contributed by atoms with Crippen molar-refractivity contribution >= 4 is 16.8 Å². The Morgan fingerprint density at radius 1 is 1.35 bits per heavy atom. The molecule has 2 atom stereocenters. The molecular formula is C13H14N2O2. The number of nitrogens with one attached hydrogen (secondary N) is 2. The first-order chi connectivity index (χ1) is 8.24. The van der Waals surface area contributed by atoms with Gasteiger partial charge in [-0.15, -0.1) is 0 Å². The number of rotatable bonds is 2. The first kappa shape index (κ1) is 10.4. The molecule has 3 rings (SSSR count). The standard InChI is InChI=1S/C13H14N2O2/c16-12-6-5-10(12)15-13(17)11-7-8-3-1-2-4-9(8)14-11/h1-4,7,10,12,14,16H,5-6H2,(H,15,17). The minimum atomic E-state index is -0.386. The van der Waals surface area contributed by atoms with Gasteiger partial charge in [0.1, 0.15) is 5.69 Å². The number of para-hydroxylation sites is 1. The zero-order valence-electron chi connectivity index (χ0n) is 9.31. The number of fused-ring (bicyclic) bond motifs is 1. The van der Waals surface area contributed by atoms with E-state index in [4.69, 9.17) is 0 Å². The van der Waals surface area contributed by atoms with E-state index in [0.29, 0.717) is 5.69 Å². The molecule has 17 heavy (non-hydrogen) atoms. The van der Waals surface area contributed by atoms with Crippen LogP contribution >= 0.6 is 0 Å². The van der Waals surface area contributed by atoms with Crippen LogP contribution in [-0.2, 0) is 0 Å². The summed E-state index contributed by atoms with van der Waals surface area (Å²) in [5.74, 6) is -0.148. The molecule has 4 nitrogen and oxygen atoms in total. The number of hydrogen-bond donors (Lipinski definition) is 3. The van der Waals surface area contributed by atoms with E-state index < -0.39 is 0 Å². The summed E-state index contributed by atoms with van der Waals surface area (Å²) in [6, 6.07) is 9.50. The molecule has 1 aromatic heterocycles. The van der Waals surface area contributed by atoms with E-state index in [2.05, 4.69) is 10.3 Å². The molecule has 0 spiro atoms. The molecule has 2 unspecified atom stereocenters. The van der Waals surface area contributed by atoms with Crippen molar-refractivity contribution in [1.29, 1.82) is 0 Å². The van der Waals surface area contributed by atoms with Crippen LogP contribution in [0.5, 0.6) is 0 Å². The van der Waals surface area contributed by atoms with Gasteiger partial charge in [-0.25, -0.2) is 0 Å². The Labute approximate surface area is 98.6 Å². The molecule has 1 amide bonds. The maximum absolute atomic E-state index is 11.9. The predicted molar refractivity (Wildman–Crippen MR) is 64.8 cm³/mol. The molecule has 0 aliphatic heterocycles. The molecule has 4 heteroatoms. The monoisotopic (exact) mass is 230 g/mol. The molecule has 88 valence electrons. The van der Waals surface area contributed by atoms with Crippen molar-refractivity contribution in [2.45, 2.75) is 25.0 Å². The van der Waals surface area contributed by atoms with Crippen LogP contribution in [0.3, 0.4) is 0 Å². The van der Waals surface area contributed by atoms with Crippen LogP contribution < -0.4 is 5.32 Å². The van der Waals surface area contributed by atoms with Crippen LogP contribution in [0.4, 0.5) is 0 Å². The smallest absolute Gasteiger partial charge is 0.268 e. The lowest BCUT2D eigenvalue weighted by atomic mass is 9.89. The molecule has 0 radical (unpaired) electrons. The lowest BCUT2D eigenvalue weighted by molar-refractivity contribution is 0.0446. The van der Waals surface area contributed by atoms with Gasteiger partial charge in [0.15, 0.2) is 0 Å². The topological polar surface area (TPSA) is 65.1 Å². The van der Waals surface area contributed by atoms with Crippen molar-refractivity contribution in [3.05, 3.63) is 36.0 Å². The molecule has 1 aromatic carbocycles. The van der Waals surface area contributed by atoms with Crippen LogP contribution in [-0.4, -0.2) is 28.1 Å². The minimum Gasteiger partial charge on any atom is -0.391 e. The van der Waals surface area contributed by atoms with E-state index in [1.165, 1.54) is 0 Å². The van der Waals surface area contributed by atoms with Gasteiger partial charge in [0.2, 0.25) is 0 Å². The number of aromatic nitrogens is 1. The highest BCUT2D eigenvalue weighted by Gasteiger charge is 2.30. The molecule has 1 saturated carbocycles. The fourth-order valence-electron chi connectivity index (χ4n) is 2.09. The van der Waals surface area contributed by atoms with Crippen LogP contribution in [0.2, 0.25) is 0 Å². The van der Waals surface area contributed by atoms with Gasteiger partial charge in [0, 0.05) is 10.9 Å². The average molecular weight is 230 g/mol. The summed E-state index contributed by atoms with van der Waals surface area (Å²) in [4.78, 5) is 15.0. The summed E-state index contributed by atoms with van der Waals surface area (Å²) >= 11 is 0. The Morgan fingerprint density at radius 3 is 2.82 bits per heavy atom. The summed E-state index contributed by atoms with van der Waals surface area (Å²) in [6.45, 7) is 0. The molecule has 1 heterocycles. The zero-order valence-corrected chi connectivity index (χ0v) is 9.31. The molecule has 1 aliphatic rings. The van der Waals surface area contributed by atoms with Crippen LogP contribution in [0.15, 0.2) is 30.3 Å². The fourth-order valence-corrected chi connectivity index (χ4v) is 2.09. The number of aliphatic hydroxyl groups excluding tert-OH is 1. The third-order valence-electron chi connectivity index (χ3n) is 3.33. The Kier molecular flexibility index (Phi) is 2.37. The van der Waals surface area contributed by atoms with Crippen molar-refractivity contribution < 1.29 is 9.90 Å². The number of carbonyl (C=O) groups is 1. The fraction of sp³-hybridized carbons (Fsp3) is 0.308. The van der Waals surface area contributed by atoms with Crippen LogP contribution in [0.1, 0.15) is 23.3 Å². The summed E-state index contributed by atoms with van der Waals surface area (Å²) in [5.41, 5.74) is 1.50. The average Bonchev–Trinajstić information content (AvgIpc) is 2.77. The maximum atomic E-state index is 11.9. The van der Waals surface area contributed by atoms with Crippen molar-refractivity contribution in [3.63, 3.8) is 0 Å². The number of hydrogen-bond acceptors (Lipinski definition) is 2. The van der Waals surface area contributed by atoms with Gasteiger partial charge in [0.25, 0.3) is 5.91 Å². The van der Waals surface area contributed by atoms with E-state index in [9.17, 15) is 9.90 Å². The summed E-state index contributed by atoms with van der Waals surface area (Å²) in [6.07, 6.45) is 1.24. The first-order valence-electron chi connectivity index (χ1n) is 5.81. The van der Waals surface area contributed by atoms with E-state index in [1.807, 2.05) is 30.3 Å². The van der Waals surface area contributed by atoms with Gasteiger partial charge in [-0.1, -0.05) is 18.2 Å². The first-order valence-corrected chi connectivity index (χ1v) is 5.81. The summed E-state index contributed by atoms with van der Waals surface area (Å²) < 4.78 is 0. The van der Waals surface area contributed by atoms with Gasteiger partial charge in [-0.05, 0) is 25.0 Å². The third-order valence-corrected chi connectivity index (χ3v) is 3.33. The van der Waals surface area contributed by atoms with Gasteiger partial charge in [-0.3, -0.25) is 4.79 Å². The second-order valence-corrected chi connectivity index (χ2v) is 4.49. The highest BCUT2D eigenvalue weighted by atomic mass is 16.3. The number of aromatic amines is 1. The Morgan fingerprint density at radius 2 is 2.18 bits per heavy atom. The molecule has 1 fully saturated rings. The number of H-pyrrole nitrogens is 1. The van der Waals surface area contributed by atoms with Gasteiger partial charge in [0.05, 0.1) is 12.1 Å². The lowest BCUT2D eigenvalue weighted by Crippen LogP contribution is -2.50. The van der Waals surface area contributed by atoms with Crippen LogP contribution in [0, 0.1) is 0 Å². The highest BCUT2D eigenvalue weighted by molar-refractivity contribution is 5.98.